The molecule has 1 aromatic carbocycles. The summed E-state index contributed by atoms with van der Waals surface area (Å²) in [7, 11) is 1.32. The zero-order valence-corrected chi connectivity index (χ0v) is 16.2. The number of carbonyl (C=O) groups is 1. The van der Waals surface area contributed by atoms with Gasteiger partial charge in [-0.15, -0.1) is 0 Å². The molecule has 4 aromatic rings. The molecule has 28 heavy (non-hydrogen) atoms. The summed E-state index contributed by atoms with van der Waals surface area (Å²) in [6.45, 7) is 0. The molecule has 8 nitrogen and oxygen atoms in total. The van der Waals surface area contributed by atoms with Gasteiger partial charge in [0.2, 0.25) is 11.8 Å². The first kappa shape index (κ1) is 17.9. The Morgan fingerprint density at radius 1 is 1.18 bits per heavy atom. The van der Waals surface area contributed by atoms with Gasteiger partial charge in [-0.25, -0.2) is 14.8 Å². The van der Waals surface area contributed by atoms with E-state index in [0.717, 1.165) is 16.7 Å². The van der Waals surface area contributed by atoms with Crippen LogP contribution in [0.4, 0.5) is 11.6 Å². The molecule has 0 spiro atoms. The van der Waals surface area contributed by atoms with Gasteiger partial charge >= 0.3 is 5.97 Å². The summed E-state index contributed by atoms with van der Waals surface area (Å²) < 4.78 is 11.2. The van der Waals surface area contributed by atoms with Crippen molar-refractivity contribution in [3.63, 3.8) is 0 Å². The van der Waals surface area contributed by atoms with Crippen molar-refractivity contribution in [2.24, 2.45) is 0 Å². The minimum atomic E-state index is -0.495. The third kappa shape index (κ3) is 3.65. The van der Waals surface area contributed by atoms with Gasteiger partial charge in [0.05, 0.1) is 29.7 Å². The van der Waals surface area contributed by atoms with Gasteiger partial charge in [-0.2, -0.15) is 4.98 Å². The van der Waals surface area contributed by atoms with Gasteiger partial charge < -0.3 is 19.8 Å². The van der Waals surface area contributed by atoms with E-state index in [2.05, 4.69) is 41.2 Å². The molecule has 0 saturated carbocycles. The largest absolute Gasteiger partial charge is 0.465 e. The molecule has 0 amide bonds. The topological polar surface area (TPSA) is 102 Å². The Hall–Kier alpha value is -3.46. The Morgan fingerprint density at radius 2 is 2.04 bits per heavy atom. The number of methoxy groups -OCH3 is 1. The monoisotopic (exact) mass is 439 g/mol. The van der Waals surface area contributed by atoms with Crippen molar-refractivity contribution in [1.29, 1.82) is 0 Å². The predicted octanol–water partition coefficient (Wildman–Crippen LogP) is 4.44. The summed E-state index contributed by atoms with van der Waals surface area (Å²) >= 11 is 3.37. The van der Waals surface area contributed by atoms with E-state index < -0.39 is 5.97 Å². The quantitative estimate of drug-likeness (QED) is 0.443. The number of hydrogen-bond acceptors (Lipinski definition) is 7. The molecule has 2 N–H and O–H groups in total. The number of para-hydroxylation sites is 1. The molecule has 140 valence electrons. The number of anilines is 2. The summed E-state index contributed by atoms with van der Waals surface area (Å²) in [5.74, 6) is 0.412. The van der Waals surface area contributed by atoms with Crippen molar-refractivity contribution in [2.75, 3.05) is 12.4 Å². The van der Waals surface area contributed by atoms with Crippen molar-refractivity contribution in [3.05, 3.63) is 65.0 Å². The molecule has 9 heteroatoms. The zero-order chi connectivity index (χ0) is 19.5. The highest BCUT2D eigenvalue weighted by atomic mass is 79.9. The molecule has 0 fully saturated rings. The number of nitrogens with zero attached hydrogens (tertiary/aromatic N) is 3. The van der Waals surface area contributed by atoms with Crippen molar-refractivity contribution in [1.82, 2.24) is 19.9 Å². The van der Waals surface area contributed by atoms with Crippen LogP contribution >= 0.6 is 15.9 Å². The highest BCUT2D eigenvalue weighted by Gasteiger charge is 2.15. The van der Waals surface area contributed by atoms with Crippen molar-refractivity contribution in [2.45, 2.75) is 0 Å². The Bertz CT molecular complexity index is 1160. The Morgan fingerprint density at radius 3 is 2.89 bits per heavy atom. The summed E-state index contributed by atoms with van der Waals surface area (Å²) in [6.07, 6.45) is 5.06. The average Bonchev–Trinajstić information content (AvgIpc) is 3.18. The van der Waals surface area contributed by atoms with Crippen LogP contribution in [0.2, 0.25) is 0 Å². The molecular weight excluding hydrogens is 426 g/mol. The second kappa shape index (κ2) is 7.65. The minimum Gasteiger partial charge on any atom is -0.465 e. The smallest absolute Gasteiger partial charge is 0.341 e. The standard InChI is InChI=1S/C19H14BrN5O3/c1-27-18(26)13-4-2-3-5-15(13)28-17-14(20)10-23-19(25-17)24-12-8-11-6-7-21-16(11)22-9-12/h2-10H,1H3,(H,21,22)(H,23,24,25). The number of carbonyl (C=O) groups excluding carboxylic acids is 1. The number of hydrogen-bond donors (Lipinski definition) is 2. The first-order valence-electron chi connectivity index (χ1n) is 8.22. The van der Waals surface area contributed by atoms with Crippen LogP contribution < -0.4 is 10.1 Å². The fraction of sp³-hybridized carbons (Fsp3) is 0.0526. The molecule has 0 radical (unpaired) electrons. The maximum absolute atomic E-state index is 11.9. The normalized spacial score (nSPS) is 10.6. The second-order valence-electron chi connectivity index (χ2n) is 5.70. The lowest BCUT2D eigenvalue weighted by atomic mass is 10.2. The molecule has 0 aliphatic heterocycles. The Kier molecular flexibility index (Phi) is 4.90. The molecule has 0 aliphatic carbocycles. The Labute approximate surface area is 168 Å². The Balaban J connectivity index is 1.62. The summed E-state index contributed by atoms with van der Waals surface area (Å²) in [4.78, 5) is 27.9. The second-order valence-corrected chi connectivity index (χ2v) is 6.56. The molecule has 0 atom stereocenters. The van der Waals surface area contributed by atoms with E-state index in [1.54, 1.807) is 36.7 Å². The summed E-state index contributed by atoms with van der Waals surface area (Å²) in [6, 6.07) is 10.6. The van der Waals surface area contributed by atoms with E-state index >= 15 is 0 Å². The molecule has 0 unspecified atom stereocenters. The fourth-order valence-corrected chi connectivity index (χ4v) is 2.83. The zero-order valence-electron chi connectivity index (χ0n) is 14.6. The number of benzene rings is 1. The molecule has 3 aromatic heterocycles. The number of esters is 1. The number of nitrogens with one attached hydrogen (secondary N) is 2. The van der Waals surface area contributed by atoms with Gasteiger partial charge in [-0.1, -0.05) is 12.1 Å². The van der Waals surface area contributed by atoms with Crippen molar-refractivity contribution in [3.8, 4) is 11.6 Å². The number of fused-ring (bicyclic) bond motifs is 1. The number of ether oxygens (including phenoxy) is 2. The van der Waals surface area contributed by atoms with Crippen LogP contribution in [0.5, 0.6) is 11.6 Å². The summed E-state index contributed by atoms with van der Waals surface area (Å²) in [5, 5.41) is 4.06. The highest BCUT2D eigenvalue weighted by Crippen LogP contribution is 2.31. The molecule has 0 saturated heterocycles. The maximum Gasteiger partial charge on any atom is 0.341 e. The van der Waals surface area contributed by atoms with Crippen LogP contribution in [0.15, 0.2) is 59.5 Å². The van der Waals surface area contributed by atoms with Crippen LogP contribution in [-0.2, 0) is 4.74 Å². The van der Waals surface area contributed by atoms with E-state index in [0.29, 0.717) is 21.7 Å². The van der Waals surface area contributed by atoms with E-state index in [1.807, 2.05) is 18.3 Å². The van der Waals surface area contributed by atoms with E-state index in [9.17, 15) is 4.79 Å². The van der Waals surface area contributed by atoms with Crippen LogP contribution in [0.3, 0.4) is 0 Å². The van der Waals surface area contributed by atoms with Crippen molar-refractivity contribution < 1.29 is 14.3 Å². The van der Waals surface area contributed by atoms with Gasteiger partial charge in [0.1, 0.15) is 17.0 Å². The van der Waals surface area contributed by atoms with Crippen molar-refractivity contribution >= 4 is 44.6 Å². The summed E-state index contributed by atoms with van der Waals surface area (Å²) in [5.41, 5.74) is 1.83. The minimum absolute atomic E-state index is 0.254. The van der Waals surface area contributed by atoms with E-state index in [-0.39, 0.29) is 5.88 Å². The molecule has 3 heterocycles. The average molecular weight is 440 g/mol. The van der Waals surface area contributed by atoms with Gasteiger partial charge in [0.15, 0.2) is 0 Å². The first-order chi connectivity index (χ1) is 13.6. The maximum atomic E-state index is 11.9. The van der Waals surface area contributed by atoms with Crippen LogP contribution in [0, 0.1) is 0 Å². The van der Waals surface area contributed by atoms with Crippen LogP contribution in [-0.4, -0.2) is 33.0 Å². The number of halogens is 1. The number of H-pyrrole nitrogens is 1. The van der Waals surface area contributed by atoms with Crippen LogP contribution in [0.1, 0.15) is 10.4 Å². The van der Waals surface area contributed by atoms with Gasteiger partial charge in [-0.05, 0) is 40.2 Å². The SMILES string of the molecule is COC(=O)c1ccccc1Oc1nc(Nc2cnc3[nH]ccc3c2)ncc1Br. The van der Waals surface area contributed by atoms with Crippen LogP contribution in [0.25, 0.3) is 11.0 Å². The predicted molar refractivity (Wildman–Crippen MR) is 107 cm³/mol. The molecule has 4 rings (SSSR count). The lowest BCUT2D eigenvalue weighted by Gasteiger charge is -2.11. The highest BCUT2D eigenvalue weighted by molar-refractivity contribution is 9.10. The number of aromatic amines is 1. The lowest BCUT2D eigenvalue weighted by molar-refractivity contribution is 0.0598. The fourth-order valence-electron chi connectivity index (χ4n) is 2.56. The number of rotatable bonds is 5. The van der Waals surface area contributed by atoms with E-state index in [1.165, 1.54) is 7.11 Å². The van der Waals surface area contributed by atoms with E-state index in [4.69, 9.17) is 9.47 Å². The third-order valence-corrected chi connectivity index (χ3v) is 4.41. The molecule has 0 bridgehead atoms. The van der Waals surface area contributed by atoms with Gasteiger partial charge in [0.25, 0.3) is 0 Å². The first-order valence-corrected chi connectivity index (χ1v) is 9.01. The number of aromatic nitrogens is 4. The van der Waals surface area contributed by atoms with Gasteiger partial charge in [0, 0.05) is 11.6 Å². The third-order valence-electron chi connectivity index (χ3n) is 3.87. The molecule has 0 aliphatic rings. The number of pyridine rings is 1. The van der Waals surface area contributed by atoms with Gasteiger partial charge in [-0.3, -0.25) is 0 Å². The lowest BCUT2D eigenvalue weighted by Crippen LogP contribution is -2.05. The molecular formula is C19H14BrN5O3.